The van der Waals surface area contributed by atoms with Crippen molar-refractivity contribution in [1.82, 2.24) is 4.90 Å². The van der Waals surface area contributed by atoms with Crippen LogP contribution >= 0.6 is 0 Å². The molecule has 0 bridgehead atoms. The minimum atomic E-state index is -0.360. The van der Waals surface area contributed by atoms with Crippen molar-refractivity contribution in [2.24, 2.45) is 0 Å². The molecule has 0 radical (unpaired) electrons. The number of halogens is 1. The van der Waals surface area contributed by atoms with Gasteiger partial charge in [0.25, 0.3) is 0 Å². The van der Waals surface area contributed by atoms with Crippen LogP contribution in [0.25, 0.3) is 0 Å². The number of hydrogen-bond acceptors (Lipinski definition) is 3. The average Bonchev–Trinajstić information content (AvgIpc) is 2.72. The number of hydrogen-bond donors (Lipinski definition) is 1. The predicted octanol–water partition coefficient (Wildman–Crippen LogP) is 4.86. The summed E-state index contributed by atoms with van der Waals surface area (Å²) in [6.45, 7) is 0.720. The predicted molar refractivity (Wildman–Crippen MR) is 108 cm³/mol. The Morgan fingerprint density at radius 2 is 1.96 bits per heavy atom. The van der Waals surface area contributed by atoms with Crippen molar-refractivity contribution < 1.29 is 18.7 Å². The summed E-state index contributed by atoms with van der Waals surface area (Å²) >= 11 is 0. The van der Waals surface area contributed by atoms with Crippen molar-refractivity contribution in [3.63, 3.8) is 0 Å². The van der Waals surface area contributed by atoms with Gasteiger partial charge in [-0.25, -0.2) is 9.18 Å². The van der Waals surface area contributed by atoms with Crippen LogP contribution in [-0.4, -0.2) is 37.7 Å². The number of nitrogens with zero attached hydrogens (tertiary/aromatic N) is 1. The normalized spacial score (nSPS) is 16.5. The lowest BCUT2D eigenvalue weighted by atomic mass is 9.96. The number of carbonyl (C=O) groups is 1. The molecule has 28 heavy (non-hydrogen) atoms. The third-order valence-electron chi connectivity index (χ3n) is 5.18. The second kappa shape index (κ2) is 9.44. The highest BCUT2D eigenvalue weighted by Gasteiger charge is 2.26. The van der Waals surface area contributed by atoms with E-state index in [-0.39, 0.29) is 17.9 Å². The first-order chi connectivity index (χ1) is 13.6. The van der Waals surface area contributed by atoms with Crippen molar-refractivity contribution >= 4 is 11.7 Å². The Morgan fingerprint density at radius 1 is 1.14 bits per heavy atom. The summed E-state index contributed by atoms with van der Waals surface area (Å²) in [6, 6.07) is 11.9. The number of carbonyl (C=O) groups excluding carboxylic acids is 1. The van der Waals surface area contributed by atoms with E-state index < -0.39 is 0 Å². The lowest BCUT2D eigenvalue weighted by molar-refractivity contribution is 0.158. The molecule has 2 aromatic rings. The number of ether oxygens (including phenoxy) is 2. The summed E-state index contributed by atoms with van der Waals surface area (Å²) in [5, 5.41) is 2.82. The molecule has 1 N–H and O–H groups in total. The molecule has 150 valence electrons. The summed E-state index contributed by atoms with van der Waals surface area (Å²) < 4.78 is 24.0. The summed E-state index contributed by atoms with van der Waals surface area (Å²) in [4.78, 5) is 14.6. The smallest absolute Gasteiger partial charge is 0.322 e. The van der Waals surface area contributed by atoms with Gasteiger partial charge in [0.1, 0.15) is 5.82 Å². The Kier molecular flexibility index (Phi) is 6.74. The Balaban J connectivity index is 1.64. The molecule has 0 saturated carbocycles. The fourth-order valence-corrected chi connectivity index (χ4v) is 3.70. The quantitative estimate of drug-likeness (QED) is 0.771. The molecule has 1 unspecified atom stereocenters. The Bertz CT molecular complexity index is 812. The minimum Gasteiger partial charge on any atom is -0.493 e. The number of likely N-dealkylation sites (tertiary alicyclic amines) is 1. The summed E-state index contributed by atoms with van der Waals surface area (Å²) in [5.41, 5.74) is 1.63. The van der Waals surface area contributed by atoms with E-state index in [9.17, 15) is 9.18 Å². The van der Waals surface area contributed by atoms with E-state index in [1.165, 1.54) is 12.1 Å². The topological polar surface area (TPSA) is 50.8 Å². The fourth-order valence-electron chi connectivity index (χ4n) is 3.70. The molecule has 1 fully saturated rings. The van der Waals surface area contributed by atoms with Gasteiger partial charge in [-0.15, -0.1) is 0 Å². The van der Waals surface area contributed by atoms with Gasteiger partial charge in [0.2, 0.25) is 0 Å². The molecule has 0 aliphatic carbocycles. The number of rotatable bonds is 6. The molecule has 3 rings (SSSR count). The number of piperidine rings is 1. The maximum absolute atomic E-state index is 13.4. The highest BCUT2D eigenvalue weighted by molar-refractivity contribution is 5.89. The molecule has 1 aliphatic rings. The van der Waals surface area contributed by atoms with Crippen molar-refractivity contribution in [2.45, 2.75) is 38.1 Å². The van der Waals surface area contributed by atoms with Crippen LogP contribution < -0.4 is 14.8 Å². The van der Waals surface area contributed by atoms with E-state index in [4.69, 9.17) is 9.47 Å². The van der Waals surface area contributed by atoms with Crippen LogP contribution in [0.1, 0.15) is 31.2 Å². The van der Waals surface area contributed by atoms with Crippen LogP contribution in [0.3, 0.4) is 0 Å². The number of nitrogens with one attached hydrogen (secondary N) is 1. The first kappa shape index (κ1) is 20.0. The second-order valence-corrected chi connectivity index (χ2v) is 7.01. The largest absolute Gasteiger partial charge is 0.493 e. The van der Waals surface area contributed by atoms with E-state index in [1.54, 1.807) is 26.4 Å². The van der Waals surface area contributed by atoms with Gasteiger partial charge in [-0.1, -0.05) is 12.1 Å². The monoisotopic (exact) mass is 386 g/mol. The molecule has 1 atom stereocenters. The van der Waals surface area contributed by atoms with E-state index in [0.717, 1.165) is 44.2 Å². The summed E-state index contributed by atoms with van der Waals surface area (Å²) in [5.74, 6) is 1.06. The van der Waals surface area contributed by atoms with Crippen molar-refractivity contribution in [1.29, 1.82) is 0 Å². The average molecular weight is 386 g/mol. The van der Waals surface area contributed by atoms with Gasteiger partial charge in [0.15, 0.2) is 11.5 Å². The van der Waals surface area contributed by atoms with Crippen molar-refractivity contribution in [3.8, 4) is 11.5 Å². The lowest BCUT2D eigenvalue weighted by Gasteiger charge is -2.36. The summed E-state index contributed by atoms with van der Waals surface area (Å²) in [7, 11) is 3.25. The molecule has 2 aromatic carbocycles. The maximum Gasteiger partial charge on any atom is 0.322 e. The lowest BCUT2D eigenvalue weighted by Crippen LogP contribution is -2.46. The molecule has 2 amide bonds. The van der Waals surface area contributed by atoms with Gasteiger partial charge in [-0.3, -0.25) is 0 Å². The standard InChI is InChI=1S/C22H27FN2O3/c1-27-20-12-10-16(14-21(20)28-2)9-11-19-8-3-4-13-25(19)22(26)24-18-7-5-6-17(23)15-18/h5-7,10,12,14-15,19H,3-4,8-9,11,13H2,1-2H3,(H,24,26). The summed E-state index contributed by atoms with van der Waals surface area (Å²) in [6.07, 6.45) is 4.79. The maximum atomic E-state index is 13.4. The number of urea groups is 1. The number of methoxy groups -OCH3 is 2. The van der Waals surface area contributed by atoms with Crippen molar-refractivity contribution in [3.05, 3.63) is 53.8 Å². The third kappa shape index (κ3) is 4.94. The first-order valence-corrected chi connectivity index (χ1v) is 9.65. The minimum absolute atomic E-state index is 0.162. The van der Waals surface area contributed by atoms with Crippen LogP contribution in [0.2, 0.25) is 0 Å². The fraction of sp³-hybridized carbons (Fsp3) is 0.409. The van der Waals surface area contributed by atoms with E-state index in [2.05, 4.69) is 5.32 Å². The number of benzene rings is 2. The van der Waals surface area contributed by atoms with Crippen LogP contribution in [0, 0.1) is 5.82 Å². The molecule has 1 saturated heterocycles. The van der Waals surface area contributed by atoms with Gasteiger partial charge in [-0.2, -0.15) is 0 Å². The van der Waals surface area contributed by atoms with E-state index >= 15 is 0 Å². The van der Waals surface area contributed by atoms with Crippen molar-refractivity contribution in [2.75, 3.05) is 26.1 Å². The van der Waals surface area contributed by atoms with Crippen LogP contribution in [0.4, 0.5) is 14.9 Å². The zero-order valence-corrected chi connectivity index (χ0v) is 16.4. The number of aryl methyl sites for hydroxylation is 1. The van der Waals surface area contributed by atoms with Gasteiger partial charge < -0.3 is 19.7 Å². The molecule has 1 heterocycles. The molecule has 5 nitrogen and oxygen atoms in total. The number of amides is 2. The molecular weight excluding hydrogens is 359 g/mol. The van der Waals surface area contributed by atoms with Gasteiger partial charge in [0.05, 0.1) is 14.2 Å². The molecular formula is C22H27FN2O3. The zero-order chi connectivity index (χ0) is 19.9. The molecule has 0 aromatic heterocycles. The SMILES string of the molecule is COc1ccc(CCC2CCCCN2C(=O)Nc2cccc(F)c2)cc1OC. The van der Waals surface area contributed by atoms with Crippen LogP contribution in [-0.2, 0) is 6.42 Å². The Morgan fingerprint density at radius 3 is 2.71 bits per heavy atom. The molecule has 0 spiro atoms. The van der Waals surface area contributed by atoms with E-state index in [1.807, 2.05) is 23.1 Å². The zero-order valence-electron chi connectivity index (χ0n) is 16.4. The van der Waals surface area contributed by atoms with Gasteiger partial charge in [-0.05, 0) is 68.0 Å². The second-order valence-electron chi connectivity index (χ2n) is 7.01. The third-order valence-corrected chi connectivity index (χ3v) is 5.18. The molecule has 6 heteroatoms. The number of anilines is 1. The van der Waals surface area contributed by atoms with Crippen LogP contribution in [0.5, 0.6) is 11.5 Å². The highest BCUT2D eigenvalue weighted by atomic mass is 19.1. The Hall–Kier alpha value is -2.76. The van der Waals surface area contributed by atoms with Crippen LogP contribution in [0.15, 0.2) is 42.5 Å². The Labute approximate surface area is 165 Å². The molecule has 1 aliphatic heterocycles. The first-order valence-electron chi connectivity index (χ1n) is 9.65. The van der Waals surface area contributed by atoms with Gasteiger partial charge >= 0.3 is 6.03 Å². The van der Waals surface area contributed by atoms with E-state index in [0.29, 0.717) is 17.2 Å². The van der Waals surface area contributed by atoms with Gasteiger partial charge in [0, 0.05) is 18.3 Å². The highest BCUT2D eigenvalue weighted by Crippen LogP contribution is 2.29.